The van der Waals surface area contributed by atoms with Gasteiger partial charge in [0.2, 0.25) is 5.91 Å². The Morgan fingerprint density at radius 2 is 1.72 bits per heavy atom. The minimum Gasteiger partial charge on any atom is -0.447 e. The first-order chi connectivity index (χ1) is 18.4. The zero-order valence-electron chi connectivity index (χ0n) is 23.7. The highest BCUT2D eigenvalue weighted by atomic mass is 35.5. The Balaban J connectivity index is 1.82. The molecule has 0 spiro atoms. The van der Waals surface area contributed by atoms with Crippen molar-refractivity contribution in [2.45, 2.75) is 64.6 Å². The number of carbonyl (C=O) groups is 3. The zero-order chi connectivity index (χ0) is 28.7. The highest BCUT2D eigenvalue weighted by Gasteiger charge is 2.42. The summed E-state index contributed by atoms with van der Waals surface area (Å²) in [6.45, 7) is 11.0. The molecule has 9 heteroatoms. The third-order valence-electron chi connectivity index (χ3n) is 6.66. The van der Waals surface area contributed by atoms with Crippen LogP contribution >= 0.6 is 11.6 Å². The van der Waals surface area contributed by atoms with E-state index in [9.17, 15) is 14.4 Å². The van der Waals surface area contributed by atoms with Crippen LogP contribution in [0.5, 0.6) is 0 Å². The van der Waals surface area contributed by atoms with Gasteiger partial charge in [0.1, 0.15) is 12.2 Å². The fourth-order valence-electron chi connectivity index (χ4n) is 4.46. The number of hydrogen-bond acceptors (Lipinski definition) is 6. The molecule has 2 atom stereocenters. The summed E-state index contributed by atoms with van der Waals surface area (Å²) >= 11 is 6.15. The minimum absolute atomic E-state index is 0.0743. The Labute approximate surface area is 236 Å². The van der Waals surface area contributed by atoms with Gasteiger partial charge in [0.25, 0.3) is 0 Å². The van der Waals surface area contributed by atoms with E-state index >= 15 is 0 Å². The number of likely N-dealkylation sites (N-methyl/N-ethyl adjacent to an activating group) is 1. The van der Waals surface area contributed by atoms with Gasteiger partial charge in [0, 0.05) is 37.7 Å². The van der Waals surface area contributed by atoms with E-state index in [-0.39, 0.29) is 18.6 Å². The summed E-state index contributed by atoms with van der Waals surface area (Å²) in [7, 11) is 1.70. The molecule has 1 heterocycles. The molecule has 1 aliphatic heterocycles. The second-order valence-corrected chi connectivity index (χ2v) is 11.7. The van der Waals surface area contributed by atoms with E-state index in [0.29, 0.717) is 31.1 Å². The van der Waals surface area contributed by atoms with E-state index < -0.39 is 29.7 Å². The summed E-state index contributed by atoms with van der Waals surface area (Å²) < 4.78 is 10.8. The van der Waals surface area contributed by atoms with Crippen LogP contribution in [-0.4, -0.2) is 83.8 Å². The molecule has 1 aliphatic rings. The van der Waals surface area contributed by atoms with Crippen LogP contribution in [0.25, 0.3) is 0 Å². The second kappa shape index (κ2) is 13.3. The maximum absolute atomic E-state index is 14.1. The first-order valence-corrected chi connectivity index (χ1v) is 13.7. The van der Waals surface area contributed by atoms with Gasteiger partial charge in [-0.05, 0) is 64.3 Å². The Morgan fingerprint density at radius 1 is 1.08 bits per heavy atom. The molecule has 0 bridgehead atoms. The molecule has 0 unspecified atom stereocenters. The molecule has 0 saturated carbocycles. The van der Waals surface area contributed by atoms with Crippen molar-refractivity contribution in [3.8, 4) is 0 Å². The molecule has 212 valence electrons. The van der Waals surface area contributed by atoms with Crippen molar-refractivity contribution in [3.63, 3.8) is 0 Å². The van der Waals surface area contributed by atoms with E-state index in [2.05, 4.69) is 4.90 Å². The molecule has 0 N–H and O–H groups in total. The molecule has 3 amide bonds. The quantitative estimate of drug-likeness (QED) is 0.379. The minimum atomic E-state index is -0.638. The predicted octanol–water partition coefficient (Wildman–Crippen LogP) is 5.59. The smallest absolute Gasteiger partial charge is 0.417 e. The second-order valence-electron chi connectivity index (χ2n) is 11.2. The lowest BCUT2D eigenvalue weighted by Crippen LogP contribution is -2.48. The van der Waals surface area contributed by atoms with Crippen LogP contribution in [0.3, 0.4) is 0 Å². The normalized spacial score (nSPS) is 16.4. The number of amides is 3. The molecule has 1 fully saturated rings. The molecule has 0 aromatic heterocycles. The number of ether oxygens (including phenoxy) is 2. The number of benzene rings is 2. The highest BCUT2D eigenvalue weighted by Crippen LogP contribution is 2.27. The third-order valence-corrected chi connectivity index (χ3v) is 6.91. The number of halogens is 1. The zero-order valence-corrected chi connectivity index (χ0v) is 24.5. The number of imide groups is 1. The summed E-state index contributed by atoms with van der Waals surface area (Å²) in [6.07, 6.45) is -0.513. The van der Waals surface area contributed by atoms with Gasteiger partial charge in [-0.25, -0.2) is 14.5 Å². The molecular weight excluding hydrogens is 518 g/mol. The largest absolute Gasteiger partial charge is 0.447 e. The highest BCUT2D eigenvalue weighted by molar-refractivity contribution is 6.30. The van der Waals surface area contributed by atoms with Gasteiger partial charge >= 0.3 is 12.2 Å². The van der Waals surface area contributed by atoms with Crippen molar-refractivity contribution in [1.29, 1.82) is 0 Å². The van der Waals surface area contributed by atoms with Crippen LogP contribution in [0.1, 0.15) is 51.7 Å². The van der Waals surface area contributed by atoms with Crippen LogP contribution in [0.4, 0.5) is 9.59 Å². The average molecular weight is 558 g/mol. The van der Waals surface area contributed by atoms with Crippen molar-refractivity contribution in [3.05, 3.63) is 70.7 Å². The summed E-state index contributed by atoms with van der Waals surface area (Å²) in [5.74, 6) is -0.952. The van der Waals surface area contributed by atoms with E-state index in [1.807, 2.05) is 77.1 Å². The lowest BCUT2D eigenvalue weighted by molar-refractivity contribution is -0.131. The Kier molecular flexibility index (Phi) is 10.4. The van der Waals surface area contributed by atoms with Crippen LogP contribution < -0.4 is 0 Å². The first-order valence-electron chi connectivity index (χ1n) is 13.3. The maximum Gasteiger partial charge on any atom is 0.417 e. The van der Waals surface area contributed by atoms with E-state index in [1.54, 1.807) is 19.2 Å². The molecule has 39 heavy (non-hydrogen) atoms. The first kappa shape index (κ1) is 30.4. The fraction of sp³-hybridized carbons (Fsp3) is 0.500. The third kappa shape index (κ3) is 8.70. The van der Waals surface area contributed by atoms with Crippen LogP contribution in [0.15, 0.2) is 54.6 Å². The summed E-state index contributed by atoms with van der Waals surface area (Å²) in [4.78, 5) is 44.3. The lowest BCUT2D eigenvalue weighted by Gasteiger charge is -2.34. The molecular formula is C30H40ClN3O5. The Bertz CT molecular complexity index is 1120. The van der Waals surface area contributed by atoms with Crippen molar-refractivity contribution in [2.75, 3.05) is 33.3 Å². The van der Waals surface area contributed by atoms with Gasteiger partial charge in [-0.2, -0.15) is 0 Å². The number of cyclic esters (lactones) is 1. The molecule has 1 saturated heterocycles. The van der Waals surface area contributed by atoms with Crippen LogP contribution in [0.2, 0.25) is 5.02 Å². The summed E-state index contributed by atoms with van der Waals surface area (Å²) in [6, 6.07) is 16.6. The van der Waals surface area contributed by atoms with Crippen molar-refractivity contribution in [1.82, 2.24) is 14.7 Å². The lowest BCUT2D eigenvalue weighted by atomic mass is 9.95. The van der Waals surface area contributed by atoms with Gasteiger partial charge in [0.15, 0.2) is 0 Å². The Morgan fingerprint density at radius 3 is 2.31 bits per heavy atom. The molecule has 0 aliphatic carbocycles. The maximum atomic E-state index is 14.1. The topological polar surface area (TPSA) is 79.4 Å². The number of carbonyl (C=O) groups excluding carboxylic acids is 3. The number of hydrogen-bond donors (Lipinski definition) is 0. The molecule has 2 aromatic rings. The molecule has 3 rings (SSSR count). The van der Waals surface area contributed by atoms with E-state index in [0.717, 1.165) is 11.1 Å². The predicted molar refractivity (Wildman–Crippen MR) is 152 cm³/mol. The summed E-state index contributed by atoms with van der Waals surface area (Å²) in [5, 5.41) is 0.562. The van der Waals surface area contributed by atoms with Gasteiger partial charge in [-0.3, -0.25) is 9.69 Å². The fourth-order valence-corrected chi connectivity index (χ4v) is 4.59. The van der Waals surface area contributed by atoms with Crippen molar-refractivity contribution in [2.24, 2.45) is 0 Å². The van der Waals surface area contributed by atoms with Gasteiger partial charge in [0.05, 0.1) is 12.0 Å². The summed E-state index contributed by atoms with van der Waals surface area (Å²) in [5.41, 5.74) is 1.19. The number of rotatable bonds is 10. The molecule has 2 aromatic carbocycles. The van der Waals surface area contributed by atoms with E-state index in [1.165, 1.54) is 9.80 Å². The van der Waals surface area contributed by atoms with E-state index in [4.69, 9.17) is 21.1 Å². The van der Waals surface area contributed by atoms with Gasteiger partial charge in [-0.15, -0.1) is 0 Å². The SMILES string of the molecule is CC(C)N(CCN(C)C(=O)OC(C)(C)C)C[C@@H](C(=O)N1C(=O)OC[C@H]1Cc1ccccc1)c1ccc(Cl)cc1. The van der Waals surface area contributed by atoms with Crippen LogP contribution in [0, 0.1) is 0 Å². The monoisotopic (exact) mass is 557 g/mol. The van der Waals surface area contributed by atoms with Gasteiger partial charge in [-0.1, -0.05) is 54.1 Å². The van der Waals surface area contributed by atoms with Crippen LogP contribution in [-0.2, 0) is 20.7 Å². The van der Waals surface area contributed by atoms with Crippen molar-refractivity contribution >= 4 is 29.7 Å². The number of nitrogens with zero attached hydrogens (tertiary/aromatic N) is 3. The standard InChI is InChI=1S/C30H40ClN3O5/c1-21(2)33(17-16-32(6)28(36)39-30(3,4)5)19-26(23-12-14-24(31)15-13-23)27(35)34-25(20-38-29(34)37)18-22-10-8-7-9-11-22/h7-15,21,25-26H,16-20H2,1-6H3/t25-,26-/m1/s1. The van der Waals surface area contributed by atoms with Crippen molar-refractivity contribution < 1.29 is 23.9 Å². The Hall–Kier alpha value is -3.10. The molecule has 0 radical (unpaired) electrons. The average Bonchev–Trinajstić information content (AvgIpc) is 3.23. The molecule has 8 nitrogen and oxygen atoms in total. The van der Waals surface area contributed by atoms with Gasteiger partial charge < -0.3 is 14.4 Å².